The van der Waals surface area contributed by atoms with Crippen LogP contribution in [0.2, 0.25) is 0 Å². The van der Waals surface area contributed by atoms with Crippen LogP contribution >= 0.6 is 15.9 Å². The van der Waals surface area contributed by atoms with Crippen LogP contribution in [-0.2, 0) is 9.59 Å². The smallest absolute Gasteiger partial charge is 0.300 e. The largest absolute Gasteiger partial charge is 0.507 e. The predicted molar refractivity (Wildman–Crippen MR) is 117 cm³/mol. The fraction of sp³-hybridized carbons (Fsp3) is 0.0833. The van der Waals surface area contributed by atoms with Crippen LogP contribution in [0.1, 0.15) is 22.7 Å². The molecule has 1 fully saturated rings. The lowest BCUT2D eigenvalue weighted by molar-refractivity contribution is -0.132. The topological polar surface area (TPSA) is 57.6 Å². The van der Waals surface area contributed by atoms with Crippen LogP contribution in [0.4, 0.5) is 5.69 Å². The van der Waals surface area contributed by atoms with E-state index in [-0.39, 0.29) is 11.3 Å². The highest BCUT2D eigenvalue weighted by atomic mass is 79.9. The lowest BCUT2D eigenvalue weighted by Gasteiger charge is -2.26. The Kier molecular flexibility index (Phi) is 5.07. The molecule has 1 aliphatic rings. The maximum Gasteiger partial charge on any atom is 0.300 e. The van der Waals surface area contributed by atoms with E-state index in [0.717, 1.165) is 15.6 Å². The van der Waals surface area contributed by atoms with Gasteiger partial charge in [-0.05, 0) is 42.3 Å². The first kappa shape index (κ1) is 19.2. The first-order valence-electron chi connectivity index (χ1n) is 9.16. The summed E-state index contributed by atoms with van der Waals surface area (Å²) < 4.78 is 0.856. The maximum absolute atomic E-state index is 13.0. The van der Waals surface area contributed by atoms with E-state index in [1.807, 2.05) is 49.4 Å². The second-order valence-corrected chi connectivity index (χ2v) is 7.78. The van der Waals surface area contributed by atoms with Crippen molar-refractivity contribution in [3.8, 4) is 0 Å². The zero-order valence-electron chi connectivity index (χ0n) is 15.7. The van der Waals surface area contributed by atoms with Crippen LogP contribution in [0.3, 0.4) is 0 Å². The number of ketones is 1. The van der Waals surface area contributed by atoms with Crippen molar-refractivity contribution in [2.75, 3.05) is 4.90 Å². The SMILES string of the molecule is Cc1ccccc1C1/C(=C(/O)c2ccc(Br)cc2)C(=O)C(=O)N1c1ccccc1. The van der Waals surface area contributed by atoms with Gasteiger partial charge in [-0.2, -0.15) is 0 Å². The fourth-order valence-electron chi connectivity index (χ4n) is 3.64. The van der Waals surface area contributed by atoms with E-state index in [9.17, 15) is 14.7 Å². The van der Waals surface area contributed by atoms with Crippen LogP contribution in [0.15, 0.2) is 88.9 Å². The zero-order chi connectivity index (χ0) is 20.5. The molecule has 0 bridgehead atoms. The van der Waals surface area contributed by atoms with E-state index in [0.29, 0.717) is 11.3 Å². The fourth-order valence-corrected chi connectivity index (χ4v) is 3.90. The highest BCUT2D eigenvalue weighted by molar-refractivity contribution is 9.10. The highest BCUT2D eigenvalue weighted by Crippen LogP contribution is 2.42. The summed E-state index contributed by atoms with van der Waals surface area (Å²) in [7, 11) is 0. The van der Waals surface area contributed by atoms with Gasteiger partial charge in [0.1, 0.15) is 5.76 Å². The molecule has 0 spiro atoms. The van der Waals surface area contributed by atoms with E-state index in [1.165, 1.54) is 4.90 Å². The molecule has 0 aliphatic carbocycles. The Morgan fingerprint density at radius 1 is 0.897 bits per heavy atom. The van der Waals surface area contributed by atoms with Gasteiger partial charge in [0, 0.05) is 15.7 Å². The summed E-state index contributed by atoms with van der Waals surface area (Å²) in [5.74, 6) is -1.52. The molecule has 29 heavy (non-hydrogen) atoms. The van der Waals surface area contributed by atoms with Gasteiger partial charge >= 0.3 is 0 Å². The normalized spacial score (nSPS) is 18.3. The summed E-state index contributed by atoms with van der Waals surface area (Å²) in [6.45, 7) is 1.93. The van der Waals surface area contributed by atoms with Crippen molar-refractivity contribution in [3.05, 3.63) is 106 Å². The minimum absolute atomic E-state index is 0.0930. The van der Waals surface area contributed by atoms with Gasteiger partial charge in [-0.1, -0.05) is 70.5 Å². The molecule has 5 heteroatoms. The number of carbonyl (C=O) groups is 2. The quantitative estimate of drug-likeness (QED) is 0.332. The van der Waals surface area contributed by atoms with E-state index in [4.69, 9.17) is 0 Å². The minimum atomic E-state index is -0.706. The second kappa shape index (κ2) is 7.68. The first-order valence-corrected chi connectivity index (χ1v) is 9.96. The monoisotopic (exact) mass is 447 g/mol. The number of para-hydroxylation sites is 1. The van der Waals surface area contributed by atoms with Crippen molar-refractivity contribution in [1.29, 1.82) is 0 Å². The Labute approximate surface area is 177 Å². The lowest BCUT2D eigenvalue weighted by Crippen LogP contribution is -2.29. The highest BCUT2D eigenvalue weighted by Gasteiger charge is 2.47. The van der Waals surface area contributed by atoms with Gasteiger partial charge in [0.15, 0.2) is 0 Å². The van der Waals surface area contributed by atoms with E-state index < -0.39 is 17.7 Å². The molecule has 3 aromatic carbocycles. The summed E-state index contributed by atoms with van der Waals surface area (Å²) in [5.41, 5.74) is 2.92. The standard InChI is InChI=1S/C24H18BrNO3/c1-15-7-5-6-10-19(15)21-20(22(27)16-11-13-17(25)14-12-16)23(28)24(29)26(21)18-8-3-2-4-9-18/h2-14,21,27H,1H3/b22-20-. The minimum Gasteiger partial charge on any atom is -0.507 e. The van der Waals surface area contributed by atoms with Gasteiger partial charge in [-0.25, -0.2) is 0 Å². The summed E-state index contributed by atoms with van der Waals surface area (Å²) in [6.07, 6.45) is 0. The van der Waals surface area contributed by atoms with Crippen molar-refractivity contribution in [2.24, 2.45) is 0 Å². The number of amides is 1. The summed E-state index contributed by atoms with van der Waals surface area (Å²) in [6, 6.07) is 22.9. The molecule has 144 valence electrons. The Hall–Kier alpha value is -3.18. The van der Waals surface area contributed by atoms with Gasteiger partial charge in [-0.15, -0.1) is 0 Å². The molecule has 1 amide bonds. The number of rotatable bonds is 3. The van der Waals surface area contributed by atoms with Crippen molar-refractivity contribution in [1.82, 2.24) is 0 Å². The summed E-state index contributed by atoms with van der Waals surface area (Å²) in [4.78, 5) is 27.5. The van der Waals surface area contributed by atoms with Gasteiger partial charge in [0.05, 0.1) is 11.6 Å². The molecule has 1 unspecified atom stereocenters. The zero-order valence-corrected chi connectivity index (χ0v) is 17.3. The molecule has 1 atom stereocenters. The molecular formula is C24H18BrNO3. The van der Waals surface area contributed by atoms with Crippen molar-refractivity contribution >= 4 is 39.1 Å². The van der Waals surface area contributed by atoms with Crippen LogP contribution in [0.5, 0.6) is 0 Å². The number of hydrogen-bond donors (Lipinski definition) is 1. The number of aliphatic hydroxyl groups excluding tert-OH is 1. The lowest BCUT2D eigenvalue weighted by atomic mass is 9.92. The number of aryl methyl sites for hydroxylation is 1. The number of anilines is 1. The average molecular weight is 448 g/mol. The van der Waals surface area contributed by atoms with E-state index in [1.54, 1.807) is 36.4 Å². The molecule has 4 nitrogen and oxygen atoms in total. The number of carbonyl (C=O) groups excluding carboxylic acids is 2. The van der Waals surface area contributed by atoms with Gasteiger partial charge < -0.3 is 5.11 Å². The Morgan fingerprint density at radius 3 is 2.17 bits per heavy atom. The molecule has 0 radical (unpaired) electrons. The summed E-state index contributed by atoms with van der Waals surface area (Å²) in [5, 5.41) is 11.1. The van der Waals surface area contributed by atoms with Crippen molar-refractivity contribution < 1.29 is 14.7 Å². The predicted octanol–water partition coefficient (Wildman–Crippen LogP) is 5.38. The molecule has 4 rings (SSSR count). The third-order valence-electron chi connectivity index (χ3n) is 5.08. The maximum atomic E-state index is 13.0. The van der Waals surface area contributed by atoms with Crippen LogP contribution < -0.4 is 4.90 Å². The molecular weight excluding hydrogens is 430 g/mol. The third-order valence-corrected chi connectivity index (χ3v) is 5.61. The number of hydrogen-bond acceptors (Lipinski definition) is 3. The van der Waals surface area contributed by atoms with Crippen molar-refractivity contribution in [2.45, 2.75) is 13.0 Å². The molecule has 1 heterocycles. The van der Waals surface area contributed by atoms with Crippen LogP contribution in [-0.4, -0.2) is 16.8 Å². The Bertz CT molecular complexity index is 1120. The van der Waals surface area contributed by atoms with E-state index in [2.05, 4.69) is 15.9 Å². The van der Waals surface area contributed by atoms with Gasteiger partial charge in [0.2, 0.25) is 0 Å². The number of halogens is 1. The molecule has 0 aromatic heterocycles. The van der Waals surface area contributed by atoms with Crippen LogP contribution in [0, 0.1) is 6.92 Å². The molecule has 1 N–H and O–H groups in total. The van der Waals surface area contributed by atoms with Gasteiger partial charge in [-0.3, -0.25) is 14.5 Å². The third kappa shape index (κ3) is 3.38. The Balaban J connectivity index is 1.97. The van der Waals surface area contributed by atoms with Crippen molar-refractivity contribution in [3.63, 3.8) is 0 Å². The second-order valence-electron chi connectivity index (χ2n) is 6.87. The molecule has 1 aliphatic heterocycles. The average Bonchev–Trinajstić information content (AvgIpc) is 3.00. The van der Waals surface area contributed by atoms with Gasteiger partial charge in [0.25, 0.3) is 11.7 Å². The number of nitrogens with zero attached hydrogens (tertiary/aromatic N) is 1. The first-order chi connectivity index (χ1) is 14.0. The number of aliphatic hydroxyl groups is 1. The molecule has 0 saturated carbocycles. The number of Topliss-reactive ketones (excluding diaryl/α,β-unsaturated/α-hetero) is 1. The Morgan fingerprint density at radius 2 is 1.52 bits per heavy atom. The molecule has 3 aromatic rings. The summed E-state index contributed by atoms with van der Waals surface area (Å²) >= 11 is 3.37. The molecule has 1 saturated heterocycles. The van der Waals surface area contributed by atoms with E-state index >= 15 is 0 Å². The van der Waals surface area contributed by atoms with Crippen LogP contribution in [0.25, 0.3) is 5.76 Å². The number of benzene rings is 3.